The Balaban J connectivity index is 1.74. The first-order chi connectivity index (χ1) is 17.4. The molecule has 5 aromatic rings. The lowest BCUT2D eigenvalue weighted by Gasteiger charge is -2.16. The standard InChI is InChI=1S/C26H18F2N4O2S2/c1-14-8-9-15(29-25(34)20-7-4-12-36-20)13-17(14)22-16-10-11-21(33)32(24(16)31-26(30-22)35-2)23-18(27)5-3-6-19(23)28/h3-13H,1-2H3,(H,29,34). The number of carbonyl (C=O) groups excluding carboxylic acids is 1. The Bertz CT molecular complexity index is 1660. The second kappa shape index (κ2) is 9.63. The molecular weight excluding hydrogens is 502 g/mol. The minimum atomic E-state index is -0.884. The van der Waals surface area contributed by atoms with Gasteiger partial charge in [0.15, 0.2) is 10.8 Å². The molecule has 0 aliphatic heterocycles. The number of aryl methyl sites for hydroxylation is 1. The van der Waals surface area contributed by atoms with E-state index in [1.165, 1.54) is 35.2 Å². The largest absolute Gasteiger partial charge is 0.321 e. The molecule has 0 aliphatic rings. The summed E-state index contributed by atoms with van der Waals surface area (Å²) in [5, 5.41) is 5.46. The van der Waals surface area contributed by atoms with Crippen molar-refractivity contribution in [2.24, 2.45) is 0 Å². The lowest BCUT2D eigenvalue weighted by molar-refractivity contribution is 0.103. The Labute approximate surface area is 212 Å². The molecule has 0 saturated heterocycles. The van der Waals surface area contributed by atoms with Crippen molar-refractivity contribution in [3.05, 3.63) is 98.5 Å². The molecule has 0 unspecified atom stereocenters. The van der Waals surface area contributed by atoms with Crippen molar-refractivity contribution in [3.63, 3.8) is 0 Å². The molecule has 0 bridgehead atoms. The van der Waals surface area contributed by atoms with E-state index in [4.69, 9.17) is 0 Å². The molecule has 6 nitrogen and oxygen atoms in total. The van der Waals surface area contributed by atoms with Crippen LogP contribution in [0.4, 0.5) is 14.5 Å². The van der Waals surface area contributed by atoms with Crippen molar-refractivity contribution in [2.75, 3.05) is 11.6 Å². The summed E-state index contributed by atoms with van der Waals surface area (Å²) < 4.78 is 30.4. The Kier molecular flexibility index (Phi) is 6.38. The van der Waals surface area contributed by atoms with E-state index in [1.807, 2.05) is 18.4 Å². The van der Waals surface area contributed by atoms with Crippen LogP contribution in [0.1, 0.15) is 15.2 Å². The molecule has 0 saturated carbocycles. The number of carbonyl (C=O) groups is 1. The Hall–Kier alpha value is -3.89. The smallest absolute Gasteiger partial charge is 0.265 e. The van der Waals surface area contributed by atoms with E-state index in [9.17, 15) is 18.4 Å². The Morgan fingerprint density at radius 3 is 2.50 bits per heavy atom. The fourth-order valence-electron chi connectivity index (χ4n) is 3.87. The van der Waals surface area contributed by atoms with Crippen molar-refractivity contribution in [1.29, 1.82) is 0 Å². The molecule has 180 valence electrons. The number of hydrogen-bond donors (Lipinski definition) is 1. The number of thioether (sulfide) groups is 1. The van der Waals surface area contributed by atoms with Gasteiger partial charge in [0, 0.05) is 22.7 Å². The molecule has 2 aromatic carbocycles. The van der Waals surface area contributed by atoms with Gasteiger partial charge in [-0.25, -0.2) is 18.7 Å². The SMILES string of the molecule is CSc1nc(-c2cc(NC(=O)c3cccs3)ccc2C)c2ccc(=O)n(-c3c(F)cccc3F)c2n1. The third-order valence-electron chi connectivity index (χ3n) is 5.57. The minimum Gasteiger partial charge on any atom is -0.321 e. The third-order valence-corrected chi connectivity index (χ3v) is 6.99. The number of amides is 1. The van der Waals surface area contributed by atoms with Crippen molar-refractivity contribution in [1.82, 2.24) is 14.5 Å². The van der Waals surface area contributed by atoms with Gasteiger partial charge in [-0.1, -0.05) is 30.0 Å². The van der Waals surface area contributed by atoms with E-state index in [0.717, 1.165) is 22.3 Å². The van der Waals surface area contributed by atoms with Crippen molar-refractivity contribution >= 4 is 45.7 Å². The molecule has 10 heteroatoms. The molecule has 3 heterocycles. The number of anilines is 1. The summed E-state index contributed by atoms with van der Waals surface area (Å²) in [5.74, 6) is -2.00. The van der Waals surface area contributed by atoms with Crippen molar-refractivity contribution in [3.8, 4) is 16.9 Å². The third kappa shape index (κ3) is 4.29. The van der Waals surface area contributed by atoms with Crippen LogP contribution in [0.3, 0.4) is 0 Å². The number of nitrogens with zero attached hydrogens (tertiary/aromatic N) is 3. The summed E-state index contributed by atoms with van der Waals surface area (Å²) >= 11 is 2.57. The molecule has 1 amide bonds. The predicted molar refractivity (Wildman–Crippen MR) is 139 cm³/mol. The second-order valence-electron chi connectivity index (χ2n) is 7.83. The number of rotatable bonds is 5. The highest BCUT2D eigenvalue weighted by molar-refractivity contribution is 7.98. The number of benzene rings is 2. The summed E-state index contributed by atoms with van der Waals surface area (Å²) in [5.41, 5.74) is 1.51. The lowest BCUT2D eigenvalue weighted by Crippen LogP contribution is -2.21. The molecule has 0 spiro atoms. The quantitative estimate of drug-likeness (QED) is 0.225. The van der Waals surface area contributed by atoms with Gasteiger partial charge in [-0.05, 0) is 60.5 Å². The number of fused-ring (bicyclic) bond motifs is 1. The van der Waals surface area contributed by atoms with Gasteiger partial charge < -0.3 is 5.32 Å². The summed E-state index contributed by atoms with van der Waals surface area (Å²) in [6, 6.07) is 15.1. The summed E-state index contributed by atoms with van der Waals surface area (Å²) in [6.07, 6.45) is 1.77. The highest BCUT2D eigenvalue weighted by Gasteiger charge is 2.20. The average molecular weight is 521 g/mol. The number of para-hydroxylation sites is 1. The molecular formula is C26H18F2N4O2S2. The van der Waals surface area contributed by atoms with Crippen LogP contribution in [0.15, 0.2) is 76.0 Å². The van der Waals surface area contributed by atoms with Crippen molar-refractivity contribution < 1.29 is 13.6 Å². The fraction of sp³-hybridized carbons (Fsp3) is 0.0769. The van der Waals surface area contributed by atoms with E-state index in [0.29, 0.717) is 32.4 Å². The number of halogens is 2. The number of hydrogen-bond acceptors (Lipinski definition) is 6. The molecule has 0 aliphatic carbocycles. The topological polar surface area (TPSA) is 76.9 Å². The van der Waals surface area contributed by atoms with Gasteiger partial charge in [0.1, 0.15) is 17.3 Å². The average Bonchev–Trinajstić information content (AvgIpc) is 3.41. The van der Waals surface area contributed by atoms with Gasteiger partial charge in [-0.15, -0.1) is 11.3 Å². The molecule has 36 heavy (non-hydrogen) atoms. The molecule has 0 atom stereocenters. The molecule has 3 aromatic heterocycles. The second-order valence-corrected chi connectivity index (χ2v) is 9.56. The molecule has 0 fully saturated rings. The first kappa shape index (κ1) is 23.8. The number of pyridine rings is 1. The number of aromatic nitrogens is 3. The van der Waals surface area contributed by atoms with Crippen LogP contribution in [0.25, 0.3) is 28.0 Å². The van der Waals surface area contributed by atoms with Gasteiger partial charge in [-0.3, -0.25) is 14.2 Å². The molecule has 0 radical (unpaired) electrons. The maximum atomic E-state index is 14.7. The predicted octanol–water partition coefficient (Wildman–Crippen LogP) is 6.07. The van der Waals surface area contributed by atoms with Gasteiger partial charge in [-0.2, -0.15) is 0 Å². The van der Waals surface area contributed by atoms with E-state index in [2.05, 4.69) is 15.3 Å². The van der Waals surface area contributed by atoms with Crippen molar-refractivity contribution in [2.45, 2.75) is 12.1 Å². The Morgan fingerprint density at radius 2 is 1.81 bits per heavy atom. The highest BCUT2D eigenvalue weighted by Crippen LogP contribution is 2.33. The zero-order valence-corrected chi connectivity index (χ0v) is 20.7. The monoisotopic (exact) mass is 520 g/mol. The van der Waals surface area contributed by atoms with Gasteiger partial charge in [0.25, 0.3) is 11.5 Å². The maximum absolute atomic E-state index is 14.7. The van der Waals surface area contributed by atoms with Crippen LogP contribution in [0.5, 0.6) is 0 Å². The van der Waals surface area contributed by atoms with E-state index < -0.39 is 22.9 Å². The van der Waals surface area contributed by atoms with Crippen LogP contribution in [-0.4, -0.2) is 26.7 Å². The maximum Gasteiger partial charge on any atom is 0.265 e. The zero-order chi connectivity index (χ0) is 25.4. The van der Waals surface area contributed by atoms with Gasteiger partial charge in [0.05, 0.1) is 10.6 Å². The summed E-state index contributed by atoms with van der Waals surface area (Å²) in [4.78, 5) is 35.1. The highest BCUT2D eigenvalue weighted by atomic mass is 32.2. The van der Waals surface area contributed by atoms with Gasteiger partial charge in [0.2, 0.25) is 0 Å². The zero-order valence-electron chi connectivity index (χ0n) is 19.1. The minimum absolute atomic E-state index is 0.0771. The first-order valence-electron chi connectivity index (χ1n) is 10.8. The number of thiophene rings is 1. The molecule has 1 N–H and O–H groups in total. The normalized spacial score (nSPS) is 11.1. The summed E-state index contributed by atoms with van der Waals surface area (Å²) in [6.45, 7) is 1.89. The van der Waals surface area contributed by atoms with Crippen LogP contribution < -0.4 is 10.9 Å². The summed E-state index contributed by atoms with van der Waals surface area (Å²) in [7, 11) is 0. The van der Waals surface area contributed by atoms with Gasteiger partial charge >= 0.3 is 0 Å². The first-order valence-corrected chi connectivity index (χ1v) is 12.9. The van der Waals surface area contributed by atoms with Crippen LogP contribution in [-0.2, 0) is 0 Å². The van der Waals surface area contributed by atoms with Crippen LogP contribution in [0, 0.1) is 18.6 Å². The van der Waals surface area contributed by atoms with E-state index in [1.54, 1.807) is 36.6 Å². The Morgan fingerprint density at radius 1 is 1.03 bits per heavy atom. The number of nitrogens with one attached hydrogen (secondary N) is 1. The fourth-order valence-corrected chi connectivity index (χ4v) is 4.84. The van der Waals surface area contributed by atoms with E-state index >= 15 is 0 Å². The van der Waals surface area contributed by atoms with E-state index in [-0.39, 0.29) is 11.6 Å². The lowest BCUT2D eigenvalue weighted by atomic mass is 10.0. The molecule has 5 rings (SSSR count). The van der Waals surface area contributed by atoms with Crippen LogP contribution >= 0.6 is 23.1 Å². The van der Waals surface area contributed by atoms with Crippen LogP contribution in [0.2, 0.25) is 0 Å².